The monoisotopic (exact) mass is 259 g/mol. The summed E-state index contributed by atoms with van der Waals surface area (Å²) in [5, 5.41) is 0. The van der Waals surface area contributed by atoms with E-state index >= 15 is 0 Å². The van der Waals surface area contributed by atoms with Crippen molar-refractivity contribution in [2.45, 2.75) is 9.79 Å². The second kappa shape index (κ2) is 3.49. The Hall–Kier alpha value is -0.652. The molecule has 0 aromatic heterocycles. The fourth-order valence-electron chi connectivity index (χ4n) is 1.52. The van der Waals surface area contributed by atoms with Crippen LogP contribution < -0.4 is 8.70 Å². The molecule has 1 radical (unpaired) electrons. The molecule has 0 nitrogen and oxygen atoms in total. The molecule has 0 saturated carbocycles. The molecule has 0 saturated heterocycles. The first-order chi connectivity index (χ1) is 6.93. The van der Waals surface area contributed by atoms with E-state index in [0.717, 1.165) is 0 Å². The molecule has 0 unspecified atom stereocenters. The Bertz CT molecular complexity index is 392. The molecule has 0 spiro atoms. The van der Waals surface area contributed by atoms with E-state index in [1.165, 1.54) is 9.79 Å². The summed E-state index contributed by atoms with van der Waals surface area (Å²) in [6.07, 6.45) is 0. The van der Waals surface area contributed by atoms with Gasteiger partial charge in [-0.25, -0.2) is 0 Å². The van der Waals surface area contributed by atoms with E-state index in [-0.39, 0.29) is 15.8 Å². The summed E-state index contributed by atoms with van der Waals surface area (Å²) in [5.74, 6) is 0. The van der Waals surface area contributed by atoms with Gasteiger partial charge in [-0.1, -0.05) is 0 Å². The predicted octanol–water partition coefficient (Wildman–Crippen LogP) is 1.81. The third-order valence-corrected chi connectivity index (χ3v) is 6.65. The summed E-state index contributed by atoms with van der Waals surface area (Å²) in [5.41, 5.74) is 0. The minimum atomic E-state index is 0.206. The fraction of sp³-hybridized carbons (Fsp3) is 0. The van der Waals surface area contributed by atoms with Crippen LogP contribution >= 0.6 is 11.8 Å². The number of hydrogen-bond acceptors (Lipinski definition) is 1. The average molecular weight is 259 g/mol. The number of benzene rings is 2. The van der Waals surface area contributed by atoms with E-state index in [1.54, 1.807) is 8.70 Å². The summed E-state index contributed by atoms with van der Waals surface area (Å²) in [4.78, 5) is 2.90. The minimum absolute atomic E-state index is 0.206. The molecule has 2 heteroatoms. The molecule has 2 aromatic rings. The van der Waals surface area contributed by atoms with Gasteiger partial charge in [-0.2, -0.15) is 0 Å². The molecule has 0 bridgehead atoms. The molecular formula is C12H8AsS. The zero-order valence-electron chi connectivity index (χ0n) is 7.47. The summed E-state index contributed by atoms with van der Waals surface area (Å²) in [6, 6.07) is 17.5. The first kappa shape index (κ1) is 8.64. The van der Waals surface area contributed by atoms with Crippen LogP contribution in [0.3, 0.4) is 0 Å². The van der Waals surface area contributed by atoms with Crippen LogP contribution in [0, 0.1) is 0 Å². The van der Waals surface area contributed by atoms with Crippen LogP contribution in [0.4, 0.5) is 0 Å². The Morgan fingerprint density at radius 2 is 1.21 bits per heavy atom. The van der Waals surface area contributed by atoms with Gasteiger partial charge in [0.2, 0.25) is 0 Å². The molecule has 0 N–H and O–H groups in total. The third-order valence-electron chi connectivity index (χ3n) is 2.19. The van der Waals surface area contributed by atoms with Gasteiger partial charge < -0.3 is 0 Å². The van der Waals surface area contributed by atoms with Gasteiger partial charge in [0.25, 0.3) is 0 Å². The third kappa shape index (κ3) is 1.41. The zero-order valence-corrected chi connectivity index (χ0v) is 10.2. The topological polar surface area (TPSA) is 0 Å². The van der Waals surface area contributed by atoms with Crippen molar-refractivity contribution in [2.24, 2.45) is 0 Å². The van der Waals surface area contributed by atoms with Crippen molar-refractivity contribution in [3.8, 4) is 0 Å². The number of hydrogen-bond donors (Lipinski definition) is 0. The molecule has 3 rings (SSSR count). The molecule has 67 valence electrons. The van der Waals surface area contributed by atoms with Gasteiger partial charge in [-0.05, 0) is 0 Å². The first-order valence-electron chi connectivity index (χ1n) is 4.51. The molecule has 1 aliphatic rings. The van der Waals surface area contributed by atoms with E-state index in [1.807, 2.05) is 11.8 Å². The van der Waals surface area contributed by atoms with Gasteiger partial charge in [-0.3, -0.25) is 0 Å². The molecule has 0 fully saturated rings. The summed E-state index contributed by atoms with van der Waals surface area (Å²) < 4.78 is 3.10. The number of fused-ring (bicyclic) bond motifs is 2. The van der Waals surface area contributed by atoms with Crippen molar-refractivity contribution in [1.29, 1.82) is 0 Å². The summed E-state index contributed by atoms with van der Waals surface area (Å²) in [7, 11) is 0. The predicted molar refractivity (Wildman–Crippen MR) is 62.0 cm³/mol. The van der Waals surface area contributed by atoms with Gasteiger partial charge in [0.05, 0.1) is 0 Å². The van der Waals surface area contributed by atoms with Crippen LogP contribution in [0.15, 0.2) is 58.3 Å². The van der Waals surface area contributed by atoms with Crippen molar-refractivity contribution >= 4 is 36.2 Å². The second-order valence-corrected chi connectivity index (χ2v) is 6.72. The van der Waals surface area contributed by atoms with Crippen LogP contribution in [0.2, 0.25) is 0 Å². The Kier molecular flexibility index (Phi) is 2.15. The molecule has 2 aromatic carbocycles. The first-order valence-corrected chi connectivity index (χ1v) is 7.20. The van der Waals surface area contributed by atoms with E-state index in [0.29, 0.717) is 0 Å². The standard InChI is InChI=1S/C12H8AsS/c1-3-7-11-9(5-1)13-10-6-2-4-8-12(10)14-11/h1-8H. The van der Waals surface area contributed by atoms with Crippen molar-refractivity contribution < 1.29 is 0 Å². The van der Waals surface area contributed by atoms with Crippen LogP contribution in [-0.4, -0.2) is 15.8 Å². The Morgan fingerprint density at radius 3 is 1.79 bits per heavy atom. The SMILES string of the molecule is c1ccc2c(c1)Sc1ccccc1[As]2. The molecule has 0 amide bonds. The molecule has 14 heavy (non-hydrogen) atoms. The van der Waals surface area contributed by atoms with Crippen LogP contribution in [0.5, 0.6) is 0 Å². The molecule has 1 heterocycles. The van der Waals surface area contributed by atoms with E-state index < -0.39 is 0 Å². The summed E-state index contributed by atoms with van der Waals surface area (Å²) >= 11 is 2.11. The summed E-state index contributed by atoms with van der Waals surface area (Å²) in [6.45, 7) is 0. The maximum absolute atomic E-state index is 2.26. The fourth-order valence-corrected chi connectivity index (χ4v) is 5.44. The van der Waals surface area contributed by atoms with Gasteiger partial charge in [-0.15, -0.1) is 0 Å². The van der Waals surface area contributed by atoms with Crippen molar-refractivity contribution in [2.75, 3.05) is 0 Å². The van der Waals surface area contributed by atoms with Gasteiger partial charge in [0.15, 0.2) is 0 Å². The van der Waals surface area contributed by atoms with Crippen LogP contribution in [0.1, 0.15) is 0 Å². The van der Waals surface area contributed by atoms with Crippen molar-refractivity contribution in [3.63, 3.8) is 0 Å². The molecule has 1 aliphatic heterocycles. The van der Waals surface area contributed by atoms with Gasteiger partial charge in [0.1, 0.15) is 0 Å². The average Bonchev–Trinajstić information content (AvgIpc) is 2.26. The normalized spacial score (nSPS) is 13.1. The quantitative estimate of drug-likeness (QED) is 0.555. The number of rotatable bonds is 0. The van der Waals surface area contributed by atoms with E-state index in [9.17, 15) is 0 Å². The van der Waals surface area contributed by atoms with E-state index in [2.05, 4.69) is 48.5 Å². The Morgan fingerprint density at radius 1 is 0.714 bits per heavy atom. The molecule has 0 atom stereocenters. The van der Waals surface area contributed by atoms with Gasteiger partial charge in [0, 0.05) is 0 Å². The molecule has 0 aliphatic carbocycles. The van der Waals surface area contributed by atoms with Gasteiger partial charge >= 0.3 is 94.5 Å². The maximum atomic E-state index is 2.26. The Labute approximate surface area is 94.4 Å². The van der Waals surface area contributed by atoms with Crippen molar-refractivity contribution in [3.05, 3.63) is 48.5 Å². The molecular weight excluding hydrogens is 251 g/mol. The van der Waals surface area contributed by atoms with Crippen LogP contribution in [-0.2, 0) is 0 Å². The van der Waals surface area contributed by atoms with Crippen molar-refractivity contribution in [1.82, 2.24) is 0 Å². The Balaban J connectivity index is 2.12. The van der Waals surface area contributed by atoms with Crippen LogP contribution in [0.25, 0.3) is 0 Å². The zero-order chi connectivity index (χ0) is 9.38. The second-order valence-electron chi connectivity index (χ2n) is 3.15. The van der Waals surface area contributed by atoms with E-state index in [4.69, 9.17) is 0 Å².